The van der Waals surface area contributed by atoms with Crippen molar-refractivity contribution in [2.75, 3.05) is 36.4 Å². The lowest BCUT2D eigenvalue weighted by molar-refractivity contribution is 0.208. The maximum Gasteiger partial charge on any atom is 0.321 e. The Morgan fingerprint density at radius 2 is 1.66 bits per heavy atom. The largest absolute Gasteiger partial charge is 0.481 e. The fourth-order valence-corrected chi connectivity index (χ4v) is 4.52. The number of aryl methyl sites for hydroxylation is 1. The summed E-state index contributed by atoms with van der Waals surface area (Å²) in [6.45, 7) is 4.19. The van der Waals surface area contributed by atoms with Crippen molar-refractivity contribution in [1.29, 1.82) is 0 Å². The standard InChI is InChI=1S/C29H28ClN5O3/c1-21-12-13-23(30)18-25(21)32-29(37)34-16-14-33(15-17-34)26-19-31-35(24-10-6-3-7-11-24)28(36)27(26)38-20-22-8-4-2-5-9-22/h2-13,18-19H,14-17,20H2,1H3,(H,32,37). The lowest BCUT2D eigenvalue weighted by Crippen LogP contribution is -2.50. The summed E-state index contributed by atoms with van der Waals surface area (Å²) in [6.07, 6.45) is 1.67. The van der Waals surface area contributed by atoms with Gasteiger partial charge in [-0.25, -0.2) is 4.79 Å². The van der Waals surface area contributed by atoms with E-state index in [1.807, 2.05) is 78.6 Å². The summed E-state index contributed by atoms with van der Waals surface area (Å²) in [4.78, 5) is 30.3. The molecule has 0 aliphatic carbocycles. The molecule has 5 rings (SSSR count). The van der Waals surface area contributed by atoms with E-state index in [1.54, 1.807) is 23.2 Å². The fourth-order valence-electron chi connectivity index (χ4n) is 4.35. The maximum atomic E-state index is 13.6. The molecule has 1 aromatic heterocycles. The highest BCUT2D eigenvalue weighted by Crippen LogP contribution is 2.27. The van der Waals surface area contributed by atoms with Gasteiger partial charge in [0.25, 0.3) is 0 Å². The predicted octanol–water partition coefficient (Wildman–Crippen LogP) is 5.13. The van der Waals surface area contributed by atoms with Crippen LogP contribution in [0.3, 0.4) is 0 Å². The first kappa shape index (κ1) is 25.4. The third kappa shape index (κ3) is 5.65. The van der Waals surface area contributed by atoms with Crippen molar-refractivity contribution in [1.82, 2.24) is 14.7 Å². The zero-order valence-corrected chi connectivity index (χ0v) is 21.8. The van der Waals surface area contributed by atoms with Crippen molar-refractivity contribution >= 4 is 29.0 Å². The molecule has 0 unspecified atom stereocenters. The normalized spacial score (nSPS) is 13.3. The van der Waals surface area contributed by atoms with Crippen LogP contribution < -0.4 is 20.5 Å². The van der Waals surface area contributed by atoms with E-state index in [9.17, 15) is 9.59 Å². The van der Waals surface area contributed by atoms with Crippen molar-refractivity contribution < 1.29 is 9.53 Å². The van der Waals surface area contributed by atoms with Crippen LogP contribution in [0.15, 0.2) is 89.9 Å². The van der Waals surface area contributed by atoms with Crippen LogP contribution in [0.25, 0.3) is 5.69 Å². The number of nitrogens with one attached hydrogen (secondary N) is 1. The summed E-state index contributed by atoms with van der Waals surface area (Å²) in [5.74, 6) is 0.236. The van der Waals surface area contributed by atoms with Crippen LogP contribution in [0, 0.1) is 6.92 Å². The predicted molar refractivity (Wildman–Crippen MR) is 150 cm³/mol. The summed E-state index contributed by atoms with van der Waals surface area (Å²) >= 11 is 6.10. The van der Waals surface area contributed by atoms with Crippen LogP contribution in [0.1, 0.15) is 11.1 Å². The minimum Gasteiger partial charge on any atom is -0.481 e. The summed E-state index contributed by atoms with van der Waals surface area (Å²) in [7, 11) is 0. The number of ether oxygens (including phenoxy) is 1. The molecule has 38 heavy (non-hydrogen) atoms. The molecule has 2 amide bonds. The first-order valence-corrected chi connectivity index (χ1v) is 12.8. The SMILES string of the molecule is Cc1ccc(Cl)cc1NC(=O)N1CCN(c2cnn(-c3ccccc3)c(=O)c2OCc2ccccc2)CC1. The molecule has 2 heterocycles. The quantitative estimate of drug-likeness (QED) is 0.375. The van der Waals surface area contributed by atoms with E-state index in [1.165, 1.54) is 4.68 Å². The van der Waals surface area contributed by atoms with E-state index < -0.39 is 0 Å². The number of halogens is 1. The van der Waals surface area contributed by atoms with Gasteiger partial charge in [0.15, 0.2) is 0 Å². The topological polar surface area (TPSA) is 79.7 Å². The number of hydrogen-bond donors (Lipinski definition) is 1. The molecule has 1 aliphatic rings. The number of urea groups is 1. The number of piperazine rings is 1. The Kier molecular flexibility index (Phi) is 7.60. The lowest BCUT2D eigenvalue weighted by Gasteiger charge is -2.36. The number of nitrogens with zero attached hydrogens (tertiary/aromatic N) is 4. The Morgan fingerprint density at radius 1 is 0.974 bits per heavy atom. The highest BCUT2D eigenvalue weighted by atomic mass is 35.5. The maximum absolute atomic E-state index is 13.6. The average molecular weight is 530 g/mol. The molecule has 0 bridgehead atoms. The lowest BCUT2D eigenvalue weighted by atomic mass is 10.2. The second kappa shape index (κ2) is 11.4. The van der Waals surface area contributed by atoms with Crippen LogP contribution in [0.2, 0.25) is 5.02 Å². The summed E-state index contributed by atoms with van der Waals surface area (Å²) in [5, 5.41) is 7.96. The zero-order valence-electron chi connectivity index (χ0n) is 21.0. The summed E-state index contributed by atoms with van der Waals surface area (Å²) in [5.41, 5.74) is 3.53. The molecule has 4 aromatic rings. The number of para-hydroxylation sites is 1. The highest BCUT2D eigenvalue weighted by Gasteiger charge is 2.26. The third-order valence-electron chi connectivity index (χ3n) is 6.49. The molecule has 8 nitrogen and oxygen atoms in total. The van der Waals surface area contributed by atoms with Gasteiger partial charge in [-0.05, 0) is 42.3 Å². The van der Waals surface area contributed by atoms with Crippen molar-refractivity contribution in [3.05, 3.63) is 112 Å². The van der Waals surface area contributed by atoms with E-state index in [-0.39, 0.29) is 23.9 Å². The van der Waals surface area contributed by atoms with Gasteiger partial charge in [-0.1, -0.05) is 66.2 Å². The Bertz CT molecular complexity index is 1470. The fraction of sp³-hybridized carbons (Fsp3) is 0.207. The third-order valence-corrected chi connectivity index (χ3v) is 6.73. The van der Waals surface area contributed by atoms with Crippen LogP contribution >= 0.6 is 11.6 Å². The number of carbonyl (C=O) groups is 1. The van der Waals surface area contributed by atoms with Crippen LogP contribution in [-0.2, 0) is 6.61 Å². The van der Waals surface area contributed by atoms with Crippen LogP contribution in [0.4, 0.5) is 16.2 Å². The van der Waals surface area contributed by atoms with E-state index >= 15 is 0 Å². The molecule has 0 radical (unpaired) electrons. The molecular weight excluding hydrogens is 502 g/mol. The first-order valence-electron chi connectivity index (χ1n) is 12.4. The summed E-state index contributed by atoms with van der Waals surface area (Å²) < 4.78 is 7.47. The zero-order chi connectivity index (χ0) is 26.5. The Morgan fingerprint density at radius 3 is 2.37 bits per heavy atom. The Balaban J connectivity index is 1.35. The molecular formula is C29H28ClN5O3. The van der Waals surface area contributed by atoms with Gasteiger partial charge in [0.1, 0.15) is 12.3 Å². The van der Waals surface area contributed by atoms with Gasteiger partial charge in [-0.2, -0.15) is 9.78 Å². The molecule has 3 aromatic carbocycles. The second-order valence-electron chi connectivity index (χ2n) is 9.05. The second-order valence-corrected chi connectivity index (χ2v) is 9.49. The minimum atomic E-state index is -0.332. The van der Waals surface area contributed by atoms with E-state index in [2.05, 4.69) is 10.4 Å². The number of rotatable bonds is 6. The Hall–Kier alpha value is -4.30. The average Bonchev–Trinajstić information content (AvgIpc) is 2.95. The van der Waals surface area contributed by atoms with E-state index in [4.69, 9.17) is 16.3 Å². The van der Waals surface area contributed by atoms with Gasteiger partial charge in [0.05, 0.1) is 11.9 Å². The number of anilines is 2. The number of carbonyl (C=O) groups excluding carboxylic acids is 1. The molecule has 194 valence electrons. The van der Waals surface area contributed by atoms with Gasteiger partial charge < -0.3 is 19.9 Å². The van der Waals surface area contributed by atoms with Crippen molar-refractivity contribution in [2.24, 2.45) is 0 Å². The molecule has 1 saturated heterocycles. The highest BCUT2D eigenvalue weighted by molar-refractivity contribution is 6.31. The summed E-state index contributed by atoms with van der Waals surface area (Å²) in [6, 6.07) is 24.2. The van der Waals surface area contributed by atoms with Crippen molar-refractivity contribution in [3.8, 4) is 11.4 Å². The van der Waals surface area contributed by atoms with Gasteiger partial charge in [0.2, 0.25) is 5.75 Å². The van der Waals surface area contributed by atoms with E-state index in [0.29, 0.717) is 48.3 Å². The van der Waals surface area contributed by atoms with Crippen LogP contribution in [-0.4, -0.2) is 46.9 Å². The van der Waals surface area contributed by atoms with Gasteiger partial charge in [0, 0.05) is 36.9 Å². The Labute approximate surface area is 226 Å². The molecule has 0 saturated carbocycles. The number of hydrogen-bond acceptors (Lipinski definition) is 5. The van der Waals surface area contributed by atoms with Gasteiger partial charge >= 0.3 is 11.6 Å². The van der Waals surface area contributed by atoms with Crippen molar-refractivity contribution in [3.63, 3.8) is 0 Å². The van der Waals surface area contributed by atoms with E-state index in [0.717, 1.165) is 11.1 Å². The smallest absolute Gasteiger partial charge is 0.321 e. The van der Waals surface area contributed by atoms with Gasteiger partial charge in [-0.3, -0.25) is 4.79 Å². The van der Waals surface area contributed by atoms with Crippen LogP contribution in [0.5, 0.6) is 5.75 Å². The monoisotopic (exact) mass is 529 g/mol. The molecule has 9 heteroatoms. The first-order chi connectivity index (χ1) is 18.5. The number of aromatic nitrogens is 2. The molecule has 0 spiro atoms. The molecule has 1 fully saturated rings. The van der Waals surface area contributed by atoms with Gasteiger partial charge in [-0.15, -0.1) is 0 Å². The molecule has 0 atom stereocenters. The number of benzene rings is 3. The van der Waals surface area contributed by atoms with Crippen molar-refractivity contribution in [2.45, 2.75) is 13.5 Å². The molecule has 1 aliphatic heterocycles. The number of amides is 2. The molecule has 1 N–H and O–H groups in total. The minimum absolute atomic E-state index is 0.187.